The predicted octanol–water partition coefficient (Wildman–Crippen LogP) is 1.47. The molecule has 0 fully saturated rings. The van der Waals surface area contributed by atoms with E-state index in [1.54, 1.807) is 19.1 Å². The van der Waals surface area contributed by atoms with E-state index in [2.05, 4.69) is 15.4 Å². The van der Waals surface area contributed by atoms with Gasteiger partial charge in [-0.05, 0) is 37.6 Å². The van der Waals surface area contributed by atoms with Crippen molar-refractivity contribution in [2.45, 2.75) is 26.3 Å². The predicted molar refractivity (Wildman–Crippen MR) is 83.4 cm³/mol. The van der Waals surface area contributed by atoms with Crippen LogP contribution in [-0.2, 0) is 14.3 Å². The summed E-state index contributed by atoms with van der Waals surface area (Å²) in [6.45, 7) is 3.04. The van der Waals surface area contributed by atoms with E-state index in [1.165, 1.54) is 26.2 Å². The molecule has 0 aromatic heterocycles. The number of carbonyl (C=O) groups excluding carboxylic acids is 3. The molecule has 2 atom stereocenters. The smallest absolute Gasteiger partial charge is 0.328 e. The lowest BCUT2D eigenvalue weighted by molar-refractivity contribution is -0.143. The molecule has 0 unspecified atom stereocenters. The third-order valence-corrected chi connectivity index (χ3v) is 3.07. The van der Waals surface area contributed by atoms with Gasteiger partial charge in [0.1, 0.15) is 6.04 Å². The summed E-state index contributed by atoms with van der Waals surface area (Å²) >= 11 is 0. The largest absolute Gasteiger partial charge is 0.467 e. The average Bonchev–Trinajstić information content (AvgIpc) is 2.53. The Bertz CT molecular complexity index is 619. The molecule has 0 aliphatic rings. The zero-order chi connectivity index (χ0) is 17.4. The SMILES string of the molecule is COC(=O)[C@H](C[C@@H](C)C#N)NC(=O)c1ccc(NC(C)=O)cc1. The van der Waals surface area contributed by atoms with Gasteiger partial charge in [0, 0.05) is 24.1 Å². The van der Waals surface area contributed by atoms with Crippen molar-refractivity contribution in [3.63, 3.8) is 0 Å². The van der Waals surface area contributed by atoms with Crippen LogP contribution in [0.3, 0.4) is 0 Å². The van der Waals surface area contributed by atoms with Crippen molar-refractivity contribution in [3.8, 4) is 6.07 Å². The van der Waals surface area contributed by atoms with Crippen LogP contribution in [0.15, 0.2) is 24.3 Å². The summed E-state index contributed by atoms with van der Waals surface area (Å²) in [5.41, 5.74) is 0.897. The molecule has 1 aromatic rings. The number of nitrogens with zero attached hydrogens (tertiary/aromatic N) is 1. The number of benzene rings is 1. The van der Waals surface area contributed by atoms with Crippen LogP contribution in [0.4, 0.5) is 5.69 Å². The van der Waals surface area contributed by atoms with Crippen molar-refractivity contribution >= 4 is 23.5 Å². The number of amides is 2. The van der Waals surface area contributed by atoms with E-state index in [0.717, 1.165) is 0 Å². The second kappa shape index (κ2) is 8.54. The summed E-state index contributed by atoms with van der Waals surface area (Å²) in [6.07, 6.45) is 0.166. The summed E-state index contributed by atoms with van der Waals surface area (Å²) in [5, 5.41) is 14.0. The first-order valence-corrected chi connectivity index (χ1v) is 7.03. The molecule has 0 heterocycles. The fourth-order valence-corrected chi connectivity index (χ4v) is 1.91. The topological polar surface area (TPSA) is 108 Å². The van der Waals surface area contributed by atoms with Gasteiger partial charge in [-0.2, -0.15) is 5.26 Å². The fourth-order valence-electron chi connectivity index (χ4n) is 1.91. The highest BCUT2D eigenvalue weighted by atomic mass is 16.5. The molecule has 2 N–H and O–H groups in total. The van der Waals surface area contributed by atoms with Crippen molar-refractivity contribution in [2.24, 2.45) is 5.92 Å². The Kier molecular flexibility index (Phi) is 6.74. The minimum atomic E-state index is -0.892. The molecule has 0 spiro atoms. The van der Waals surface area contributed by atoms with Crippen molar-refractivity contribution in [1.82, 2.24) is 5.32 Å². The Morgan fingerprint density at radius 3 is 2.35 bits per heavy atom. The lowest BCUT2D eigenvalue weighted by Crippen LogP contribution is -2.42. The number of anilines is 1. The summed E-state index contributed by atoms with van der Waals surface area (Å²) < 4.78 is 4.65. The van der Waals surface area contributed by atoms with Gasteiger partial charge in [-0.15, -0.1) is 0 Å². The molecular weight excluding hydrogens is 298 g/mol. The highest BCUT2D eigenvalue weighted by Crippen LogP contribution is 2.11. The molecule has 0 aliphatic heterocycles. The molecule has 7 heteroatoms. The standard InChI is InChI=1S/C16H19N3O4/c1-10(9-17)8-14(16(22)23-3)19-15(21)12-4-6-13(7-5-12)18-11(2)20/h4-7,10,14H,8H2,1-3H3,(H,18,20)(H,19,21)/t10-,14+/m1/s1. The Labute approximate surface area is 134 Å². The van der Waals surface area contributed by atoms with Crippen molar-refractivity contribution in [1.29, 1.82) is 5.26 Å². The molecular formula is C16H19N3O4. The van der Waals surface area contributed by atoms with Gasteiger partial charge >= 0.3 is 5.97 Å². The first kappa shape index (κ1) is 18.2. The van der Waals surface area contributed by atoms with Gasteiger partial charge in [0.05, 0.1) is 13.2 Å². The van der Waals surface area contributed by atoms with Crippen molar-refractivity contribution < 1.29 is 19.1 Å². The maximum Gasteiger partial charge on any atom is 0.328 e. The summed E-state index contributed by atoms with van der Waals surface area (Å²) in [7, 11) is 1.22. The van der Waals surface area contributed by atoms with Crippen molar-refractivity contribution in [3.05, 3.63) is 29.8 Å². The zero-order valence-electron chi connectivity index (χ0n) is 13.3. The van der Waals surface area contributed by atoms with Gasteiger partial charge in [0.15, 0.2) is 0 Å². The molecule has 0 saturated heterocycles. The van der Waals surface area contributed by atoms with Crippen molar-refractivity contribution in [2.75, 3.05) is 12.4 Å². The lowest BCUT2D eigenvalue weighted by Gasteiger charge is -2.17. The Hall–Kier alpha value is -2.88. The molecule has 0 aliphatic carbocycles. The second-order valence-corrected chi connectivity index (χ2v) is 5.07. The van der Waals surface area contributed by atoms with Crippen LogP contribution in [-0.4, -0.2) is 30.9 Å². The van der Waals surface area contributed by atoms with Crippen LogP contribution in [0.1, 0.15) is 30.6 Å². The fraction of sp³-hybridized carbons (Fsp3) is 0.375. The van der Waals surface area contributed by atoms with Crippen LogP contribution < -0.4 is 10.6 Å². The van der Waals surface area contributed by atoms with Crippen LogP contribution >= 0.6 is 0 Å². The van der Waals surface area contributed by atoms with E-state index in [1.807, 2.05) is 6.07 Å². The number of nitriles is 1. The molecule has 122 valence electrons. The van der Waals surface area contributed by atoms with E-state index in [4.69, 9.17) is 5.26 Å². The molecule has 1 aromatic carbocycles. The third-order valence-electron chi connectivity index (χ3n) is 3.07. The highest BCUT2D eigenvalue weighted by molar-refractivity contribution is 5.97. The number of methoxy groups -OCH3 is 1. The molecule has 0 radical (unpaired) electrons. The minimum absolute atomic E-state index is 0.166. The van der Waals surface area contributed by atoms with Crippen LogP contribution in [0.5, 0.6) is 0 Å². The Morgan fingerprint density at radius 2 is 1.87 bits per heavy atom. The number of hydrogen-bond acceptors (Lipinski definition) is 5. The number of rotatable bonds is 6. The molecule has 7 nitrogen and oxygen atoms in total. The number of ether oxygens (including phenoxy) is 1. The second-order valence-electron chi connectivity index (χ2n) is 5.07. The zero-order valence-corrected chi connectivity index (χ0v) is 13.3. The number of nitrogens with one attached hydrogen (secondary N) is 2. The van der Waals surface area contributed by atoms with Gasteiger partial charge in [-0.25, -0.2) is 4.79 Å². The molecule has 0 bridgehead atoms. The maximum atomic E-state index is 12.2. The summed E-state index contributed by atoms with van der Waals surface area (Å²) in [4.78, 5) is 34.8. The summed E-state index contributed by atoms with van der Waals surface area (Å²) in [5.74, 6) is -1.67. The Balaban J connectivity index is 2.80. The van der Waals surface area contributed by atoms with Gasteiger partial charge in [-0.3, -0.25) is 9.59 Å². The average molecular weight is 317 g/mol. The van der Waals surface area contributed by atoms with E-state index in [-0.39, 0.29) is 12.3 Å². The third kappa shape index (κ3) is 5.79. The van der Waals surface area contributed by atoms with Crippen LogP contribution in [0.25, 0.3) is 0 Å². The molecule has 1 rings (SSSR count). The van der Waals surface area contributed by atoms with Gasteiger partial charge in [0.2, 0.25) is 5.91 Å². The monoisotopic (exact) mass is 317 g/mol. The molecule has 23 heavy (non-hydrogen) atoms. The van der Waals surface area contributed by atoms with Gasteiger partial charge in [0.25, 0.3) is 5.91 Å². The van der Waals surface area contributed by atoms with E-state index < -0.39 is 23.8 Å². The lowest BCUT2D eigenvalue weighted by atomic mass is 10.0. The molecule has 0 saturated carbocycles. The normalized spacial score (nSPS) is 12.4. The van der Waals surface area contributed by atoms with Gasteiger partial charge in [-0.1, -0.05) is 0 Å². The number of esters is 1. The van der Waals surface area contributed by atoms with E-state index >= 15 is 0 Å². The van der Waals surface area contributed by atoms with Crippen LogP contribution in [0.2, 0.25) is 0 Å². The van der Waals surface area contributed by atoms with Crippen LogP contribution in [0, 0.1) is 17.2 Å². The van der Waals surface area contributed by atoms with E-state index in [9.17, 15) is 14.4 Å². The maximum absolute atomic E-state index is 12.2. The first-order valence-electron chi connectivity index (χ1n) is 7.03. The first-order chi connectivity index (χ1) is 10.9. The van der Waals surface area contributed by atoms with Gasteiger partial charge < -0.3 is 15.4 Å². The quantitative estimate of drug-likeness (QED) is 0.772. The highest BCUT2D eigenvalue weighted by Gasteiger charge is 2.24. The van der Waals surface area contributed by atoms with E-state index in [0.29, 0.717) is 11.3 Å². The summed E-state index contributed by atoms with van der Waals surface area (Å²) in [6, 6.07) is 7.35. The molecule has 2 amide bonds. The number of hydrogen-bond donors (Lipinski definition) is 2. The number of carbonyl (C=O) groups is 3. The minimum Gasteiger partial charge on any atom is -0.467 e. The Morgan fingerprint density at radius 1 is 1.26 bits per heavy atom.